The van der Waals surface area contributed by atoms with Crippen molar-refractivity contribution in [1.82, 2.24) is 5.32 Å². The monoisotopic (exact) mass is 380 g/mol. The van der Waals surface area contributed by atoms with Crippen LogP contribution in [0.1, 0.15) is 19.4 Å². The zero-order chi connectivity index (χ0) is 20.1. The molecule has 0 spiro atoms. The molecular formula is C21H20N2O5. The molecular weight excluding hydrogens is 360 g/mol. The van der Waals surface area contributed by atoms with Gasteiger partial charge >= 0.3 is 6.03 Å². The summed E-state index contributed by atoms with van der Waals surface area (Å²) in [5.74, 6) is -0.186. The molecule has 1 aliphatic rings. The van der Waals surface area contributed by atoms with Crippen molar-refractivity contribution in [3.05, 3.63) is 59.7 Å². The lowest BCUT2D eigenvalue weighted by molar-refractivity contribution is -0.122. The molecule has 2 aromatic carbocycles. The van der Waals surface area contributed by atoms with Gasteiger partial charge in [0.1, 0.15) is 17.1 Å². The lowest BCUT2D eigenvalue weighted by Gasteiger charge is -2.26. The molecule has 1 heterocycles. The SMILES string of the molecule is CCOc1ccc(N2C(=O)NC(=O)/C(=C/c3cccc(OCC)c3)C2=O)cc1. The van der Waals surface area contributed by atoms with E-state index in [1.54, 1.807) is 48.5 Å². The predicted octanol–water partition coefficient (Wildman–Crippen LogP) is 3.15. The van der Waals surface area contributed by atoms with Crippen molar-refractivity contribution in [3.63, 3.8) is 0 Å². The van der Waals surface area contributed by atoms with Crippen molar-refractivity contribution in [2.24, 2.45) is 0 Å². The zero-order valence-corrected chi connectivity index (χ0v) is 15.6. The van der Waals surface area contributed by atoms with Gasteiger partial charge in [-0.3, -0.25) is 14.9 Å². The lowest BCUT2D eigenvalue weighted by atomic mass is 10.1. The van der Waals surface area contributed by atoms with Crippen LogP contribution in [0.3, 0.4) is 0 Å². The Morgan fingerprint density at radius 3 is 2.29 bits per heavy atom. The van der Waals surface area contributed by atoms with E-state index in [2.05, 4.69) is 5.32 Å². The van der Waals surface area contributed by atoms with Crippen LogP contribution in [-0.4, -0.2) is 31.1 Å². The average Bonchev–Trinajstić information content (AvgIpc) is 2.67. The van der Waals surface area contributed by atoms with Crippen LogP contribution in [0.25, 0.3) is 6.08 Å². The van der Waals surface area contributed by atoms with Gasteiger partial charge < -0.3 is 9.47 Å². The fourth-order valence-corrected chi connectivity index (χ4v) is 2.78. The van der Waals surface area contributed by atoms with Crippen LogP contribution in [0, 0.1) is 0 Å². The van der Waals surface area contributed by atoms with Crippen molar-refractivity contribution in [2.75, 3.05) is 18.1 Å². The quantitative estimate of drug-likeness (QED) is 0.615. The lowest BCUT2D eigenvalue weighted by Crippen LogP contribution is -2.54. The highest BCUT2D eigenvalue weighted by molar-refractivity contribution is 6.39. The van der Waals surface area contributed by atoms with E-state index in [4.69, 9.17) is 9.47 Å². The normalized spacial score (nSPS) is 15.6. The molecule has 1 aliphatic heterocycles. The second-order valence-electron chi connectivity index (χ2n) is 5.89. The number of nitrogens with zero attached hydrogens (tertiary/aromatic N) is 1. The van der Waals surface area contributed by atoms with Crippen LogP contribution in [0.2, 0.25) is 0 Å². The molecule has 4 amide bonds. The van der Waals surface area contributed by atoms with Crippen molar-refractivity contribution >= 4 is 29.6 Å². The summed E-state index contributed by atoms with van der Waals surface area (Å²) < 4.78 is 10.8. The molecule has 28 heavy (non-hydrogen) atoms. The van der Waals surface area contributed by atoms with E-state index in [-0.39, 0.29) is 5.57 Å². The van der Waals surface area contributed by atoms with Crippen molar-refractivity contribution in [3.8, 4) is 11.5 Å². The fraction of sp³-hybridized carbons (Fsp3) is 0.190. The number of barbiturate groups is 1. The number of carbonyl (C=O) groups excluding carboxylic acids is 3. The van der Waals surface area contributed by atoms with Crippen LogP contribution in [0.4, 0.5) is 10.5 Å². The Morgan fingerprint density at radius 2 is 1.61 bits per heavy atom. The summed E-state index contributed by atoms with van der Waals surface area (Å²) in [6, 6.07) is 12.7. The number of rotatable bonds is 6. The highest BCUT2D eigenvalue weighted by Crippen LogP contribution is 2.25. The summed E-state index contributed by atoms with van der Waals surface area (Å²) in [7, 11) is 0. The number of amides is 4. The van der Waals surface area contributed by atoms with Crippen LogP contribution in [0.15, 0.2) is 54.1 Å². The molecule has 7 nitrogen and oxygen atoms in total. The van der Waals surface area contributed by atoms with E-state index in [0.717, 1.165) is 4.90 Å². The third-order valence-electron chi connectivity index (χ3n) is 3.99. The average molecular weight is 380 g/mol. The van der Waals surface area contributed by atoms with Crippen LogP contribution in [-0.2, 0) is 9.59 Å². The Bertz CT molecular complexity index is 934. The zero-order valence-electron chi connectivity index (χ0n) is 15.6. The molecule has 0 radical (unpaired) electrons. The third kappa shape index (κ3) is 4.03. The predicted molar refractivity (Wildman–Crippen MR) is 104 cm³/mol. The summed E-state index contributed by atoms with van der Waals surface area (Å²) in [4.78, 5) is 38.3. The standard InChI is InChI=1S/C21H20N2O5/c1-3-27-16-10-8-15(9-11-16)23-20(25)18(19(24)22-21(23)26)13-14-6-5-7-17(12-14)28-4-2/h5-13H,3-4H2,1-2H3,(H,22,24,26)/b18-13-. The molecule has 2 aromatic rings. The second-order valence-corrected chi connectivity index (χ2v) is 5.89. The van der Waals surface area contributed by atoms with Gasteiger partial charge in [0.25, 0.3) is 11.8 Å². The van der Waals surface area contributed by atoms with Gasteiger partial charge in [0.05, 0.1) is 18.9 Å². The smallest absolute Gasteiger partial charge is 0.335 e. The van der Waals surface area contributed by atoms with E-state index in [1.807, 2.05) is 13.8 Å². The molecule has 3 rings (SSSR count). The first-order valence-corrected chi connectivity index (χ1v) is 8.90. The molecule has 0 bridgehead atoms. The van der Waals surface area contributed by atoms with Crippen LogP contribution < -0.4 is 19.7 Å². The number of carbonyl (C=O) groups is 3. The summed E-state index contributed by atoms with van der Waals surface area (Å²) >= 11 is 0. The van der Waals surface area contributed by atoms with Gasteiger partial charge in [0.15, 0.2) is 0 Å². The topological polar surface area (TPSA) is 84.9 Å². The van der Waals surface area contributed by atoms with Gasteiger partial charge in [-0.05, 0) is 61.9 Å². The maximum atomic E-state index is 12.9. The van der Waals surface area contributed by atoms with E-state index in [1.165, 1.54) is 6.08 Å². The minimum Gasteiger partial charge on any atom is -0.494 e. The first-order chi connectivity index (χ1) is 13.5. The number of nitrogens with one attached hydrogen (secondary N) is 1. The van der Waals surface area contributed by atoms with Gasteiger partial charge in [-0.2, -0.15) is 0 Å². The van der Waals surface area contributed by atoms with Crippen LogP contribution in [0.5, 0.6) is 11.5 Å². The minimum atomic E-state index is -0.792. The van der Waals surface area contributed by atoms with Crippen LogP contribution >= 0.6 is 0 Å². The molecule has 1 fully saturated rings. The fourth-order valence-electron chi connectivity index (χ4n) is 2.78. The Kier molecular flexibility index (Phi) is 5.74. The van der Waals surface area contributed by atoms with E-state index >= 15 is 0 Å². The third-order valence-corrected chi connectivity index (χ3v) is 3.99. The first-order valence-electron chi connectivity index (χ1n) is 8.90. The molecule has 7 heteroatoms. The number of anilines is 1. The Morgan fingerprint density at radius 1 is 0.929 bits per heavy atom. The number of urea groups is 1. The molecule has 144 valence electrons. The minimum absolute atomic E-state index is 0.137. The molecule has 0 aromatic heterocycles. The Labute approximate surface area is 162 Å². The van der Waals surface area contributed by atoms with E-state index in [0.29, 0.717) is 36.0 Å². The Balaban J connectivity index is 1.92. The molecule has 0 unspecified atom stereocenters. The van der Waals surface area contributed by atoms with E-state index in [9.17, 15) is 14.4 Å². The first kappa shape index (κ1) is 19.2. The second kappa shape index (κ2) is 8.39. The summed E-state index contributed by atoms with van der Waals surface area (Å²) in [6.45, 7) is 4.73. The summed E-state index contributed by atoms with van der Waals surface area (Å²) in [5.41, 5.74) is 0.819. The van der Waals surface area contributed by atoms with Crippen molar-refractivity contribution in [2.45, 2.75) is 13.8 Å². The molecule has 0 saturated carbocycles. The van der Waals surface area contributed by atoms with Gasteiger partial charge in [0, 0.05) is 0 Å². The largest absolute Gasteiger partial charge is 0.494 e. The highest BCUT2D eigenvalue weighted by atomic mass is 16.5. The maximum absolute atomic E-state index is 12.9. The van der Waals surface area contributed by atoms with Crippen molar-refractivity contribution in [1.29, 1.82) is 0 Å². The number of hydrogen-bond donors (Lipinski definition) is 1. The molecule has 1 N–H and O–H groups in total. The number of benzene rings is 2. The Hall–Kier alpha value is -3.61. The van der Waals surface area contributed by atoms with Gasteiger partial charge in [-0.15, -0.1) is 0 Å². The van der Waals surface area contributed by atoms with Crippen molar-refractivity contribution < 1.29 is 23.9 Å². The van der Waals surface area contributed by atoms with Gasteiger partial charge in [-0.1, -0.05) is 12.1 Å². The number of imide groups is 2. The highest BCUT2D eigenvalue weighted by Gasteiger charge is 2.36. The summed E-state index contributed by atoms with van der Waals surface area (Å²) in [5, 5.41) is 2.20. The van der Waals surface area contributed by atoms with Gasteiger partial charge in [0.2, 0.25) is 0 Å². The number of hydrogen-bond acceptors (Lipinski definition) is 5. The van der Waals surface area contributed by atoms with E-state index < -0.39 is 17.8 Å². The van der Waals surface area contributed by atoms with Gasteiger partial charge in [-0.25, -0.2) is 9.69 Å². The molecule has 0 atom stereocenters. The summed E-state index contributed by atoms with van der Waals surface area (Å²) in [6.07, 6.45) is 1.44. The molecule has 0 aliphatic carbocycles. The number of ether oxygens (including phenoxy) is 2. The molecule has 1 saturated heterocycles. The maximum Gasteiger partial charge on any atom is 0.335 e.